The lowest BCUT2D eigenvalue weighted by atomic mass is 10.1. The Balaban J connectivity index is 1.14. The van der Waals surface area contributed by atoms with Crippen molar-refractivity contribution in [2.75, 3.05) is 24.7 Å². The number of nitrogen functional groups attached to an aromatic ring is 2. The largest absolute Gasteiger partial charge is 0.382 e. The van der Waals surface area contributed by atoms with Crippen molar-refractivity contribution in [2.24, 2.45) is 0 Å². The van der Waals surface area contributed by atoms with Gasteiger partial charge in [0.25, 0.3) is 5.56 Å². The number of H-pyrrole nitrogens is 1. The van der Waals surface area contributed by atoms with Crippen LogP contribution in [0.15, 0.2) is 17.4 Å². The number of hydrogen-bond donors (Lipinski definition) is 6. The third-order valence-electron chi connectivity index (χ3n) is 6.73. The first-order valence-electron chi connectivity index (χ1n) is 12.6. The molecule has 0 spiro atoms. The quantitative estimate of drug-likeness (QED) is 0.112. The van der Waals surface area contributed by atoms with Gasteiger partial charge in [0.2, 0.25) is 5.95 Å². The number of fused-ring (bicyclic) bond motifs is 2. The van der Waals surface area contributed by atoms with Gasteiger partial charge in [0.15, 0.2) is 40.5 Å². The second-order valence-electron chi connectivity index (χ2n) is 9.66. The summed E-state index contributed by atoms with van der Waals surface area (Å²) in [6.45, 7) is -9.23. The smallest absolute Gasteiger partial charge is 0.325 e. The zero-order chi connectivity index (χ0) is 31.4. The lowest BCUT2D eigenvalue weighted by molar-refractivity contribution is -0.0487. The van der Waals surface area contributed by atoms with Gasteiger partial charge in [-0.15, -0.1) is 5.10 Å². The molecule has 6 rings (SSSR count). The van der Waals surface area contributed by atoms with Gasteiger partial charge < -0.3 is 44.7 Å². The van der Waals surface area contributed by atoms with E-state index in [-0.39, 0.29) is 40.7 Å². The fourth-order valence-electron chi connectivity index (χ4n) is 4.80. The van der Waals surface area contributed by atoms with Gasteiger partial charge in [-0.25, -0.2) is 19.3 Å². The lowest BCUT2D eigenvalue weighted by Gasteiger charge is -2.25. The number of aromatic nitrogens is 9. The number of nitrogens with one attached hydrogen (secondary N) is 1. The first-order valence-corrected chi connectivity index (χ1v) is 17.9. The molecule has 6 heterocycles. The van der Waals surface area contributed by atoms with E-state index in [2.05, 4.69) is 47.0 Å². The molecule has 44 heavy (non-hydrogen) atoms. The molecule has 2 aliphatic rings. The second kappa shape index (κ2) is 11.9. The van der Waals surface area contributed by atoms with E-state index in [1.165, 1.54) is 6.33 Å². The summed E-state index contributed by atoms with van der Waals surface area (Å²) in [6.07, 6.45) is -4.30. The summed E-state index contributed by atoms with van der Waals surface area (Å²) in [5.41, 5.74) is 11.4. The van der Waals surface area contributed by atoms with Crippen LogP contribution in [0.4, 0.5) is 16.2 Å². The minimum Gasteiger partial charge on any atom is -0.382 e. The van der Waals surface area contributed by atoms with Crippen molar-refractivity contribution < 1.29 is 42.1 Å². The topological polar surface area (TPSA) is 279 Å². The van der Waals surface area contributed by atoms with Crippen molar-refractivity contribution in [1.29, 1.82) is 0 Å². The highest BCUT2D eigenvalue weighted by molar-refractivity contribution is 8.07. The Morgan fingerprint density at radius 2 is 1.89 bits per heavy atom. The maximum absolute atomic E-state index is 15.9. The monoisotopic (exact) mass is 695 g/mol. The van der Waals surface area contributed by atoms with Crippen LogP contribution in [0.5, 0.6) is 0 Å². The molecule has 20 nitrogen and oxygen atoms in total. The maximum Gasteiger partial charge on any atom is 0.325 e. The average molecular weight is 696 g/mol. The predicted octanol–water partition coefficient (Wildman–Crippen LogP) is -0.724. The Morgan fingerprint density at radius 1 is 1.09 bits per heavy atom. The fraction of sp³-hybridized carbons (Fsp3) is 0.526. The maximum atomic E-state index is 15.9. The molecule has 0 aromatic carbocycles. The molecule has 4 aromatic heterocycles. The predicted molar refractivity (Wildman–Crippen MR) is 154 cm³/mol. The summed E-state index contributed by atoms with van der Waals surface area (Å²) in [7, 11) is 0. The van der Waals surface area contributed by atoms with Crippen molar-refractivity contribution in [3.8, 4) is 0 Å². The fourth-order valence-corrected chi connectivity index (χ4v) is 6.78. The summed E-state index contributed by atoms with van der Waals surface area (Å²) >= 11 is 9.64. The van der Waals surface area contributed by atoms with Gasteiger partial charge in [0.05, 0.1) is 25.6 Å². The molecule has 2 aliphatic heterocycles. The minimum absolute atomic E-state index is 0.00509. The van der Waals surface area contributed by atoms with E-state index in [1.54, 1.807) is 4.57 Å². The van der Waals surface area contributed by atoms with Crippen LogP contribution < -0.4 is 17.0 Å². The molecule has 0 radical (unpaired) electrons. The van der Waals surface area contributed by atoms with Crippen molar-refractivity contribution >= 4 is 71.1 Å². The lowest BCUT2D eigenvalue weighted by Crippen LogP contribution is -2.34. The highest BCUT2D eigenvalue weighted by Crippen LogP contribution is 2.51. The molecule has 8 N–H and O–H groups in total. The van der Waals surface area contributed by atoms with E-state index < -0.39 is 62.5 Å². The zero-order valence-electron chi connectivity index (χ0n) is 22.1. The van der Waals surface area contributed by atoms with Gasteiger partial charge in [-0.1, -0.05) is 5.21 Å². The van der Waals surface area contributed by atoms with Crippen LogP contribution in [0.3, 0.4) is 0 Å². The molecule has 7 atom stereocenters. The third-order valence-corrected chi connectivity index (χ3v) is 9.09. The van der Waals surface area contributed by atoms with Gasteiger partial charge in [-0.05, 0) is 36.5 Å². The van der Waals surface area contributed by atoms with E-state index in [0.717, 1.165) is 11.0 Å². The molecule has 4 aromatic rings. The molecular weight excluding hydrogens is 671 g/mol. The Kier molecular flexibility index (Phi) is 8.49. The van der Waals surface area contributed by atoms with E-state index in [9.17, 15) is 19.5 Å². The normalized spacial score (nSPS) is 27.4. The molecular formula is C19H24FN11O9P2S2. The third kappa shape index (κ3) is 6.36. The summed E-state index contributed by atoms with van der Waals surface area (Å²) < 4.78 is 46.1. The molecule has 238 valence electrons. The number of nitrogens with zero attached hydrogens (tertiary/aromatic N) is 8. The van der Waals surface area contributed by atoms with Crippen LogP contribution >= 0.6 is 13.4 Å². The van der Waals surface area contributed by atoms with Crippen LogP contribution in [0.2, 0.25) is 0 Å². The van der Waals surface area contributed by atoms with Crippen LogP contribution in [-0.2, 0) is 46.7 Å². The van der Waals surface area contributed by atoms with Gasteiger partial charge in [0, 0.05) is 0 Å². The van der Waals surface area contributed by atoms with Crippen LogP contribution in [0, 0.1) is 0 Å². The van der Waals surface area contributed by atoms with Crippen molar-refractivity contribution in [2.45, 2.75) is 49.8 Å². The first kappa shape index (κ1) is 31.3. The molecule has 0 amide bonds. The summed E-state index contributed by atoms with van der Waals surface area (Å²) in [4.78, 5) is 60.4. The van der Waals surface area contributed by atoms with Crippen LogP contribution in [-0.4, -0.2) is 96.9 Å². The number of aromatic amines is 1. The molecule has 2 saturated heterocycles. The number of rotatable bonds is 10. The van der Waals surface area contributed by atoms with Gasteiger partial charge in [-0.2, -0.15) is 9.67 Å². The van der Waals surface area contributed by atoms with Crippen LogP contribution in [0.25, 0.3) is 22.3 Å². The van der Waals surface area contributed by atoms with Crippen LogP contribution in [0.1, 0.15) is 25.3 Å². The van der Waals surface area contributed by atoms with Gasteiger partial charge >= 0.3 is 13.4 Å². The van der Waals surface area contributed by atoms with Gasteiger partial charge in [-0.3, -0.25) is 18.9 Å². The van der Waals surface area contributed by atoms with Crippen molar-refractivity contribution in [1.82, 2.24) is 44.5 Å². The molecule has 0 bridgehead atoms. The highest BCUT2D eigenvalue weighted by Gasteiger charge is 2.51. The summed E-state index contributed by atoms with van der Waals surface area (Å²) in [5.74, 6) is -0.0876. The number of anilines is 2. The molecule has 0 aliphatic carbocycles. The van der Waals surface area contributed by atoms with E-state index >= 15 is 4.39 Å². The number of ether oxygens (including phenoxy) is 2. The molecule has 1 unspecified atom stereocenters. The SMILES string of the molecule is Nc1nc2c(ncn2[C@H]2CC[C@@H](COP(O)(=S)O[C@H]3[C@H](F)[C@H](n4nnc5c(N)ncnc54)O[C@@H]3COP(O)(O)=S)O2)c(=O)[nH]1. The molecule has 2 fully saturated rings. The summed E-state index contributed by atoms with van der Waals surface area (Å²) in [5, 5.41) is 7.70. The van der Waals surface area contributed by atoms with Gasteiger partial charge in [0.1, 0.15) is 24.8 Å². The minimum atomic E-state index is -4.18. The number of nitrogens with two attached hydrogens (primary N) is 2. The van der Waals surface area contributed by atoms with Crippen molar-refractivity contribution in [3.63, 3.8) is 0 Å². The number of imidazole rings is 1. The Morgan fingerprint density at radius 3 is 2.66 bits per heavy atom. The van der Waals surface area contributed by atoms with Crippen molar-refractivity contribution in [3.05, 3.63) is 23.0 Å². The molecule has 25 heteroatoms. The first-order chi connectivity index (χ1) is 20.8. The second-order valence-corrected chi connectivity index (χ2v) is 15.1. The number of hydrogen-bond acceptors (Lipinski definition) is 16. The number of alkyl halides is 1. The summed E-state index contributed by atoms with van der Waals surface area (Å²) in [6, 6.07) is 0. The van der Waals surface area contributed by atoms with E-state index in [4.69, 9.17) is 46.3 Å². The standard InChI is InChI=1S/C19H24FN11O9P2S2/c20-10-13(8(4-36-41(33,34)43)39-18(10)31-15-11(28-29-31)14(21)23-5-24-15)40-42(35,44)37-3-7-1-2-9(38-7)30-6-25-12-16(30)26-19(22)27-17(12)32/h5-10,13,18H,1-4H2,(H,35,44)(H2,21,23,24)(H2,33,34,43)(H3,22,26,27,32)/t7-,8+,9+,10-,13+,18+,42?/m0/s1. The zero-order valence-corrected chi connectivity index (χ0v) is 25.5. The average Bonchev–Trinajstić information content (AvgIpc) is 3.73. The Labute approximate surface area is 255 Å². The van der Waals surface area contributed by atoms with E-state index in [1.807, 2.05) is 0 Å². The highest BCUT2D eigenvalue weighted by atomic mass is 32.5. The Bertz CT molecular complexity index is 1860. The number of halogens is 1. The molecule has 0 saturated carbocycles. The Hall–Kier alpha value is -2.66. The van der Waals surface area contributed by atoms with E-state index in [0.29, 0.717) is 12.8 Å².